The molecule has 1 unspecified atom stereocenters. The highest BCUT2D eigenvalue weighted by Crippen LogP contribution is 2.27. The number of carbonyl (C=O) groups is 2. The number of aliphatic hydroxyl groups excluding tert-OH is 1. The van der Waals surface area contributed by atoms with E-state index < -0.39 is 11.8 Å². The molecule has 0 saturated carbocycles. The summed E-state index contributed by atoms with van der Waals surface area (Å²) >= 11 is 6.01. The number of likely N-dealkylation sites (tertiary alicyclic amines) is 1. The lowest BCUT2D eigenvalue weighted by Crippen LogP contribution is -2.48. The van der Waals surface area contributed by atoms with Crippen molar-refractivity contribution >= 4 is 29.1 Å². The molecule has 1 fully saturated rings. The Balaban J connectivity index is 2.04. The van der Waals surface area contributed by atoms with Gasteiger partial charge in [0.15, 0.2) is 0 Å². The smallest absolute Gasteiger partial charge is 0.313 e. The first-order chi connectivity index (χ1) is 11.1. The van der Waals surface area contributed by atoms with Crippen LogP contribution in [0.15, 0.2) is 18.2 Å². The Morgan fingerprint density at radius 1 is 1.43 bits per heavy atom. The average Bonchev–Trinajstić information content (AvgIpc) is 2.55. The summed E-state index contributed by atoms with van der Waals surface area (Å²) in [6.07, 6.45) is 3.18. The molecule has 1 atom stereocenters. The van der Waals surface area contributed by atoms with Crippen LogP contribution in [0.25, 0.3) is 0 Å². The normalized spacial score (nSPS) is 17.7. The standard InChI is InChI=1S/C16H21ClN2O4/c1-23-14-6-5-11(10-13(14)17)18-15(21)16(22)19-8-3-2-4-12(19)7-9-20/h5-6,10,12,20H,2-4,7-9H2,1H3,(H,18,21). The second kappa shape index (κ2) is 8.17. The second-order valence-electron chi connectivity index (χ2n) is 5.46. The van der Waals surface area contributed by atoms with E-state index in [1.807, 2.05) is 0 Å². The summed E-state index contributed by atoms with van der Waals surface area (Å²) < 4.78 is 5.05. The summed E-state index contributed by atoms with van der Waals surface area (Å²) in [4.78, 5) is 26.1. The molecular formula is C16H21ClN2O4. The fourth-order valence-corrected chi connectivity index (χ4v) is 3.03. The minimum absolute atomic E-state index is 0.00412. The third kappa shape index (κ3) is 4.36. The Labute approximate surface area is 140 Å². The first-order valence-electron chi connectivity index (χ1n) is 7.63. The molecule has 1 heterocycles. The van der Waals surface area contributed by atoms with E-state index in [9.17, 15) is 9.59 Å². The molecule has 0 aromatic heterocycles. The zero-order valence-corrected chi connectivity index (χ0v) is 13.8. The number of halogens is 1. The predicted molar refractivity (Wildman–Crippen MR) is 87.7 cm³/mol. The highest BCUT2D eigenvalue weighted by Gasteiger charge is 2.30. The molecule has 126 valence electrons. The Morgan fingerprint density at radius 2 is 2.22 bits per heavy atom. The molecular weight excluding hydrogens is 320 g/mol. The van der Waals surface area contributed by atoms with Gasteiger partial charge in [0.1, 0.15) is 5.75 Å². The van der Waals surface area contributed by atoms with Gasteiger partial charge in [0.2, 0.25) is 0 Å². The first kappa shape index (κ1) is 17.6. The molecule has 1 saturated heterocycles. The minimum Gasteiger partial charge on any atom is -0.495 e. The molecule has 2 N–H and O–H groups in total. The van der Waals surface area contributed by atoms with E-state index in [4.69, 9.17) is 21.4 Å². The summed E-state index contributed by atoms with van der Waals surface area (Å²) in [5.74, 6) is -0.777. The van der Waals surface area contributed by atoms with Crippen molar-refractivity contribution in [3.63, 3.8) is 0 Å². The molecule has 0 aliphatic carbocycles. The zero-order chi connectivity index (χ0) is 16.8. The van der Waals surface area contributed by atoms with Gasteiger partial charge in [-0.25, -0.2) is 0 Å². The molecule has 0 bridgehead atoms. The fourth-order valence-electron chi connectivity index (χ4n) is 2.78. The van der Waals surface area contributed by atoms with Gasteiger partial charge in [0, 0.05) is 24.9 Å². The maximum absolute atomic E-state index is 12.4. The van der Waals surface area contributed by atoms with Crippen LogP contribution in [0.4, 0.5) is 5.69 Å². The summed E-state index contributed by atoms with van der Waals surface area (Å²) in [5.41, 5.74) is 0.435. The van der Waals surface area contributed by atoms with Crippen LogP contribution in [0.5, 0.6) is 5.75 Å². The Hall–Kier alpha value is -1.79. The van der Waals surface area contributed by atoms with Crippen molar-refractivity contribution in [1.29, 1.82) is 0 Å². The molecule has 1 aromatic rings. The van der Waals surface area contributed by atoms with Crippen LogP contribution in [0.1, 0.15) is 25.7 Å². The number of carbonyl (C=O) groups excluding carboxylic acids is 2. The quantitative estimate of drug-likeness (QED) is 0.822. The number of piperidine rings is 1. The van der Waals surface area contributed by atoms with Gasteiger partial charge in [-0.2, -0.15) is 0 Å². The van der Waals surface area contributed by atoms with Gasteiger partial charge >= 0.3 is 11.8 Å². The van der Waals surface area contributed by atoms with E-state index in [1.54, 1.807) is 17.0 Å². The number of anilines is 1. The van der Waals surface area contributed by atoms with Gasteiger partial charge < -0.3 is 20.1 Å². The lowest BCUT2D eigenvalue weighted by atomic mass is 9.99. The number of methoxy groups -OCH3 is 1. The molecule has 23 heavy (non-hydrogen) atoms. The zero-order valence-electron chi connectivity index (χ0n) is 13.0. The number of rotatable bonds is 4. The van der Waals surface area contributed by atoms with Crippen LogP contribution in [-0.4, -0.2) is 48.1 Å². The highest BCUT2D eigenvalue weighted by molar-refractivity contribution is 6.40. The van der Waals surface area contributed by atoms with Crippen molar-refractivity contribution in [3.05, 3.63) is 23.2 Å². The monoisotopic (exact) mass is 340 g/mol. The molecule has 7 heteroatoms. The van der Waals surface area contributed by atoms with Crippen molar-refractivity contribution in [3.8, 4) is 5.75 Å². The number of hydrogen-bond donors (Lipinski definition) is 2. The van der Waals surface area contributed by atoms with Crippen LogP contribution in [-0.2, 0) is 9.59 Å². The highest BCUT2D eigenvalue weighted by atomic mass is 35.5. The van der Waals surface area contributed by atoms with Crippen LogP contribution in [0.3, 0.4) is 0 Å². The topological polar surface area (TPSA) is 78.9 Å². The SMILES string of the molecule is COc1ccc(NC(=O)C(=O)N2CCCCC2CCO)cc1Cl. The van der Waals surface area contributed by atoms with E-state index in [1.165, 1.54) is 13.2 Å². The summed E-state index contributed by atoms with van der Waals surface area (Å²) in [5, 5.41) is 12.0. The van der Waals surface area contributed by atoms with Gasteiger partial charge in [-0.1, -0.05) is 11.6 Å². The summed E-state index contributed by atoms with van der Waals surface area (Å²) in [6.45, 7) is 0.546. The molecule has 1 aromatic carbocycles. The third-order valence-corrected chi connectivity index (χ3v) is 4.25. The van der Waals surface area contributed by atoms with Crippen LogP contribution in [0, 0.1) is 0 Å². The number of aliphatic hydroxyl groups is 1. The van der Waals surface area contributed by atoms with Crippen molar-refractivity contribution < 1.29 is 19.4 Å². The Kier molecular flexibility index (Phi) is 6.24. The van der Waals surface area contributed by atoms with Crippen LogP contribution in [0.2, 0.25) is 5.02 Å². The van der Waals surface area contributed by atoms with Crippen molar-refractivity contribution in [2.45, 2.75) is 31.7 Å². The molecule has 6 nitrogen and oxygen atoms in total. The van der Waals surface area contributed by atoms with Gasteiger partial charge in [0.25, 0.3) is 0 Å². The molecule has 0 spiro atoms. The molecule has 1 aliphatic rings. The summed E-state index contributed by atoms with van der Waals surface area (Å²) in [6, 6.07) is 4.70. The van der Waals surface area contributed by atoms with E-state index in [2.05, 4.69) is 5.32 Å². The lowest BCUT2D eigenvalue weighted by Gasteiger charge is -2.35. The van der Waals surface area contributed by atoms with Gasteiger partial charge in [-0.05, 0) is 43.9 Å². The first-order valence-corrected chi connectivity index (χ1v) is 8.01. The number of ether oxygens (including phenoxy) is 1. The van der Waals surface area contributed by atoms with Crippen molar-refractivity contribution in [2.75, 3.05) is 25.6 Å². The number of hydrogen-bond acceptors (Lipinski definition) is 4. The molecule has 0 radical (unpaired) electrons. The fraction of sp³-hybridized carbons (Fsp3) is 0.500. The number of amides is 2. The number of nitrogens with zero attached hydrogens (tertiary/aromatic N) is 1. The van der Waals surface area contributed by atoms with E-state index in [-0.39, 0.29) is 12.6 Å². The number of nitrogens with one attached hydrogen (secondary N) is 1. The number of benzene rings is 1. The predicted octanol–water partition coefficient (Wildman–Crippen LogP) is 2.05. The minimum atomic E-state index is -0.698. The van der Waals surface area contributed by atoms with E-state index >= 15 is 0 Å². The second-order valence-corrected chi connectivity index (χ2v) is 5.87. The summed E-state index contributed by atoms with van der Waals surface area (Å²) in [7, 11) is 1.50. The lowest BCUT2D eigenvalue weighted by molar-refractivity contribution is -0.146. The molecule has 1 aliphatic heterocycles. The Morgan fingerprint density at radius 3 is 2.87 bits per heavy atom. The van der Waals surface area contributed by atoms with Crippen molar-refractivity contribution in [1.82, 2.24) is 4.90 Å². The van der Waals surface area contributed by atoms with E-state index in [0.717, 1.165) is 19.3 Å². The Bertz CT molecular complexity index is 577. The third-order valence-electron chi connectivity index (χ3n) is 3.95. The van der Waals surface area contributed by atoms with Crippen LogP contribution < -0.4 is 10.1 Å². The van der Waals surface area contributed by atoms with E-state index in [0.29, 0.717) is 29.4 Å². The van der Waals surface area contributed by atoms with Crippen molar-refractivity contribution in [2.24, 2.45) is 0 Å². The van der Waals surface area contributed by atoms with Crippen LogP contribution >= 0.6 is 11.6 Å². The maximum Gasteiger partial charge on any atom is 0.313 e. The largest absolute Gasteiger partial charge is 0.495 e. The molecule has 2 rings (SSSR count). The molecule has 2 amide bonds. The average molecular weight is 341 g/mol. The van der Waals surface area contributed by atoms with Gasteiger partial charge in [-0.3, -0.25) is 9.59 Å². The van der Waals surface area contributed by atoms with Gasteiger partial charge in [-0.15, -0.1) is 0 Å². The van der Waals surface area contributed by atoms with Gasteiger partial charge in [0.05, 0.1) is 12.1 Å². The maximum atomic E-state index is 12.4.